The Bertz CT molecular complexity index is 1020. The van der Waals surface area contributed by atoms with Gasteiger partial charge in [-0.15, -0.1) is 5.10 Å². The van der Waals surface area contributed by atoms with E-state index in [1.165, 1.54) is 30.4 Å². The van der Waals surface area contributed by atoms with Crippen LogP contribution in [0.1, 0.15) is 71.7 Å². The van der Waals surface area contributed by atoms with E-state index in [9.17, 15) is 4.79 Å². The van der Waals surface area contributed by atoms with E-state index in [1.54, 1.807) is 18.4 Å². The highest BCUT2D eigenvalue weighted by molar-refractivity contribution is 5.91. The first kappa shape index (κ1) is 20.9. The van der Waals surface area contributed by atoms with Gasteiger partial charge < -0.3 is 9.32 Å². The number of tetrazole rings is 1. The highest BCUT2D eigenvalue weighted by Gasteiger charge is 2.34. The lowest BCUT2D eigenvalue weighted by molar-refractivity contribution is 0.0557. The van der Waals surface area contributed by atoms with E-state index >= 15 is 0 Å². The van der Waals surface area contributed by atoms with E-state index in [0.717, 1.165) is 31.8 Å². The molecule has 1 aromatic carbocycles. The number of aryl methyl sites for hydroxylation is 1. The molecule has 1 aliphatic carbocycles. The Morgan fingerprint density at radius 3 is 2.47 bits per heavy atom. The second-order valence-electron chi connectivity index (χ2n) is 8.89. The predicted molar refractivity (Wildman–Crippen MR) is 119 cm³/mol. The van der Waals surface area contributed by atoms with Crippen molar-refractivity contribution in [3.63, 3.8) is 0 Å². The van der Waals surface area contributed by atoms with E-state index in [-0.39, 0.29) is 11.9 Å². The molecule has 2 aromatic heterocycles. The average Bonchev–Trinajstić information content (AvgIpc) is 3.54. The smallest absolute Gasteiger partial charge is 0.289 e. The second-order valence-corrected chi connectivity index (χ2v) is 8.89. The van der Waals surface area contributed by atoms with Crippen molar-refractivity contribution in [2.75, 3.05) is 26.2 Å². The summed E-state index contributed by atoms with van der Waals surface area (Å²) < 4.78 is 7.38. The number of amides is 1. The molecular formula is C24H30N6O2. The molecule has 168 valence electrons. The lowest BCUT2D eigenvalue weighted by Crippen LogP contribution is -2.50. The van der Waals surface area contributed by atoms with Crippen molar-refractivity contribution >= 4 is 5.91 Å². The van der Waals surface area contributed by atoms with Crippen LogP contribution in [0.2, 0.25) is 0 Å². The molecule has 1 saturated heterocycles. The molecule has 3 aromatic rings. The summed E-state index contributed by atoms with van der Waals surface area (Å²) in [6.07, 6.45) is 7.55. The monoisotopic (exact) mass is 434 g/mol. The summed E-state index contributed by atoms with van der Waals surface area (Å²) in [4.78, 5) is 17.0. The Morgan fingerprint density at radius 2 is 1.78 bits per heavy atom. The van der Waals surface area contributed by atoms with Gasteiger partial charge in [0.05, 0.1) is 18.3 Å². The van der Waals surface area contributed by atoms with Gasteiger partial charge >= 0.3 is 0 Å². The number of hydrogen-bond acceptors (Lipinski definition) is 6. The van der Waals surface area contributed by atoms with Crippen LogP contribution in [0.4, 0.5) is 0 Å². The number of furan rings is 1. The summed E-state index contributed by atoms with van der Waals surface area (Å²) in [6.45, 7) is 4.90. The molecule has 1 saturated carbocycles. The molecule has 0 bridgehead atoms. The van der Waals surface area contributed by atoms with Crippen LogP contribution in [-0.2, 0) is 0 Å². The molecule has 1 unspecified atom stereocenters. The first-order valence-electron chi connectivity index (χ1n) is 11.6. The van der Waals surface area contributed by atoms with E-state index in [2.05, 4.69) is 56.3 Å². The van der Waals surface area contributed by atoms with Crippen molar-refractivity contribution < 1.29 is 9.21 Å². The molecule has 8 heteroatoms. The van der Waals surface area contributed by atoms with Crippen molar-refractivity contribution in [1.29, 1.82) is 0 Å². The molecule has 2 fully saturated rings. The number of benzene rings is 1. The zero-order valence-electron chi connectivity index (χ0n) is 18.6. The highest BCUT2D eigenvalue weighted by Crippen LogP contribution is 2.33. The lowest BCUT2D eigenvalue weighted by atomic mass is 9.95. The van der Waals surface area contributed by atoms with Gasteiger partial charge in [-0.1, -0.05) is 49.1 Å². The zero-order valence-corrected chi connectivity index (χ0v) is 18.6. The van der Waals surface area contributed by atoms with Crippen LogP contribution in [0, 0.1) is 6.92 Å². The molecule has 0 spiro atoms. The van der Waals surface area contributed by atoms with Gasteiger partial charge in [0.25, 0.3) is 5.91 Å². The van der Waals surface area contributed by atoms with Gasteiger partial charge in [0.1, 0.15) is 0 Å². The molecule has 3 heterocycles. The first-order chi connectivity index (χ1) is 15.7. The second kappa shape index (κ2) is 9.24. The highest BCUT2D eigenvalue weighted by atomic mass is 16.3. The van der Waals surface area contributed by atoms with Gasteiger partial charge in [0.2, 0.25) is 0 Å². The minimum atomic E-state index is -0.0476. The molecule has 1 atom stereocenters. The number of nitrogens with zero attached hydrogens (tertiary/aromatic N) is 6. The standard InChI is InChI=1S/C24H30N6O2/c1-18-9-11-19(12-10-18)22(23-25-26-27-30(23)20-6-3-2-4-7-20)28-13-15-29(16-14-28)24(31)21-8-5-17-32-21/h5,8-12,17,20,22H,2-4,6-7,13-16H2,1H3. The first-order valence-corrected chi connectivity index (χ1v) is 11.6. The Hall–Kier alpha value is -3.00. The molecule has 2 aliphatic rings. The third-order valence-corrected chi connectivity index (χ3v) is 6.78. The minimum Gasteiger partial charge on any atom is -0.459 e. The third-order valence-electron chi connectivity index (χ3n) is 6.78. The van der Waals surface area contributed by atoms with Crippen LogP contribution in [-0.4, -0.2) is 62.1 Å². The molecule has 8 nitrogen and oxygen atoms in total. The van der Waals surface area contributed by atoms with Crippen molar-refractivity contribution in [3.8, 4) is 0 Å². The number of hydrogen-bond donors (Lipinski definition) is 0. The van der Waals surface area contributed by atoms with E-state index in [1.807, 2.05) is 4.90 Å². The lowest BCUT2D eigenvalue weighted by Gasteiger charge is -2.39. The van der Waals surface area contributed by atoms with Crippen molar-refractivity contribution in [1.82, 2.24) is 30.0 Å². The Morgan fingerprint density at radius 1 is 1.03 bits per heavy atom. The maximum atomic E-state index is 12.7. The molecule has 1 aliphatic heterocycles. The van der Waals surface area contributed by atoms with Crippen LogP contribution in [0.5, 0.6) is 0 Å². The minimum absolute atomic E-state index is 0.0339. The van der Waals surface area contributed by atoms with Gasteiger partial charge in [-0.05, 0) is 47.9 Å². The van der Waals surface area contributed by atoms with Crippen LogP contribution < -0.4 is 0 Å². The Balaban J connectivity index is 1.40. The number of aromatic nitrogens is 4. The Kier molecular flexibility index (Phi) is 6.03. The molecule has 0 N–H and O–H groups in total. The van der Waals surface area contributed by atoms with Crippen LogP contribution in [0.3, 0.4) is 0 Å². The maximum absolute atomic E-state index is 12.7. The van der Waals surface area contributed by atoms with Gasteiger partial charge in [-0.2, -0.15) is 0 Å². The number of piperazine rings is 1. The van der Waals surface area contributed by atoms with Crippen molar-refractivity contribution in [2.45, 2.75) is 51.1 Å². The van der Waals surface area contributed by atoms with E-state index < -0.39 is 0 Å². The summed E-state index contributed by atoms with van der Waals surface area (Å²) in [6, 6.07) is 12.5. The van der Waals surface area contributed by atoms with Gasteiger partial charge in [-0.25, -0.2) is 4.68 Å². The summed E-state index contributed by atoms with van der Waals surface area (Å²) >= 11 is 0. The fourth-order valence-corrected chi connectivity index (χ4v) is 4.98. The zero-order chi connectivity index (χ0) is 21.9. The van der Waals surface area contributed by atoms with Crippen LogP contribution in [0.15, 0.2) is 47.1 Å². The maximum Gasteiger partial charge on any atom is 0.289 e. The summed E-state index contributed by atoms with van der Waals surface area (Å²) in [7, 11) is 0. The third kappa shape index (κ3) is 4.19. The largest absolute Gasteiger partial charge is 0.459 e. The molecule has 5 rings (SSSR count). The summed E-state index contributed by atoms with van der Waals surface area (Å²) in [5.41, 5.74) is 2.42. The fourth-order valence-electron chi connectivity index (χ4n) is 4.98. The van der Waals surface area contributed by atoms with Crippen LogP contribution in [0.25, 0.3) is 0 Å². The number of carbonyl (C=O) groups excluding carboxylic acids is 1. The number of carbonyl (C=O) groups is 1. The van der Waals surface area contributed by atoms with Gasteiger partial charge in [-0.3, -0.25) is 9.69 Å². The number of rotatable bonds is 5. The summed E-state index contributed by atoms with van der Waals surface area (Å²) in [5.74, 6) is 1.26. The molecular weight excluding hydrogens is 404 g/mol. The molecule has 0 radical (unpaired) electrons. The average molecular weight is 435 g/mol. The van der Waals surface area contributed by atoms with E-state index in [4.69, 9.17) is 4.42 Å². The molecule has 32 heavy (non-hydrogen) atoms. The predicted octanol–water partition coefficient (Wildman–Crippen LogP) is 3.63. The van der Waals surface area contributed by atoms with E-state index in [0.29, 0.717) is 24.9 Å². The quantitative estimate of drug-likeness (QED) is 0.610. The van der Waals surface area contributed by atoms with Crippen LogP contribution >= 0.6 is 0 Å². The van der Waals surface area contributed by atoms with Crippen molar-refractivity contribution in [2.24, 2.45) is 0 Å². The summed E-state index contributed by atoms with van der Waals surface area (Å²) in [5, 5.41) is 13.0. The fraction of sp³-hybridized carbons (Fsp3) is 0.500. The van der Waals surface area contributed by atoms with Gasteiger partial charge in [0.15, 0.2) is 11.6 Å². The SMILES string of the molecule is Cc1ccc(C(c2nnnn2C2CCCCC2)N2CCN(C(=O)c3ccco3)CC2)cc1. The van der Waals surface area contributed by atoms with Gasteiger partial charge in [0, 0.05) is 26.2 Å². The topological polar surface area (TPSA) is 80.3 Å². The normalized spacial score (nSPS) is 19.2. The van der Waals surface area contributed by atoms with Crippen molar-refractivity contribution in [3.05, 3.63) is 65.4 Å². The Labute approximate surface area is 188 Å². The molecule has 1 amide bonds.